The van der Waals surface area contributed by atoms with Crippen LogP contribution in [0.1, 0.15) is 32.3 Å². The highest BCUT2D eigenvalue weighted by atomic mass is 35.5. The Morgan fingerprint density at radius 2 is 2.19 bits per heavy atom. The molecule has 4 heteroatoms. The standard InChI is InChI=1S/C17H22ClNO2/c1-3-8-19-9-7-16(20)14(12-19)10-13-5-6-17(21-4-2)15(18)11-13/h5-6,10-11H,3-4,7-9,12H2,1-2H3/b14-10+. The Kier molecular flexibility index (Phi) is 5.83. The number of hydrogen-bond donors (Lipinski definition) is 0. The van der Waals surface area contributed by atoms with Gasteiger partial charge in [0.15, 0.2) is 5.78 Å². The number of ether oxygens (including phenoxy) is 1. The molecule has 1 aromatic carbocycles. The lowest BCUT2D eigenvalue weighted by atomic mass is 10.00. The Hall–Kier alpha value is -1.32. The lowest BCUT2D eigenvalue weighted by Gasteiger charge is -2.27. The van der Waals surface area contributed by atoms with Crippen molar-refractivity contribution in [2.45, 2.75) is 26.7 Å². The molecule has 21 heavy (non-hydrogen) atoms. The Balaban J connectivity index is 2.17. The van der Waals surface area contributed by atoms with E-state index in [9.17, 15) is 4.79 Å². The number of halogens is 1. The number of carbonyl (C=O) groups is 1. The largest absolute Gasteiger partial charge is 0.492 e. The van der Waals surface area contributed by atoms with E-state index in [0.29, 0.717) is 23.8 Å². The summed E-state index contributed by atoms with van der Waals surface area (Å²) in [6.07, 6.45) is 3.67. The number of Topliss-reactive ketones (excluding diaryl/α,β-unsaturated/α-hetero) is 1. The molecular formula is C17H22ClNO2. The van der Waals surface area contributed by atoms with Crippen LogP contribution in [0, 0.1) is 0 Å². The molecule has 0 N–H and O–H groups in total. The minimum Gasteiger partial charge on any atom is -0.492 e. The van der Waals surface area contributed by atoms with E-state index in [2.05, 4.69) is 11.8 Å². The first-order chi connectivity index (χ1) is 10.1. The zero-order chi connectivity index (χ0) is 15.2. The van der Waals surface area contributed by atoms with Gasteiger partial charge in [0.05, 0.1) is 11.6 Å². The van der Waals surface area contributed by atoms with Crippen molar-refractivity contribution in [1.82, 2.24) is 4.90 Å². The second-order valence-corrected chi connectivity index (χ2v) is 5.65. The van der Waals surface area contributed by atoms with Crippen LogP contribution < -0.4 is 4.74 Å². The van der Waals surface area contributed by atoms with E-state index in [1.807, 2.05) is 31.2 Å². The smallest absolute Gasteiger partial charge is 0.161 e. The summed E-state index contributed by atoms with van der Waals surface area (Å²) in [5.41, 5.74) is 1.82. The first kappa shape index (κ1) is 16.1. The molecule has 1 heterocycles. The molecule has 114 valence electrons. The molecule has 0 spiro atoms. The number of carbonyl (C=O) groups excluding carboxylic acids is 1. The summed E-state index contributed by atoms with van der Waals surface area (Å²) >= 11 is 6.19. The van der Waals surface area contributed by atoms with Crippen molar-refractivity contribution >= 4 is 23.5 Å². The Morgan fingerprint density at radius 1 is 1.38 bits per heavy atom. The summed E-state index contributed by atoms with van der Waals surface area (Å²) in [5, 5.41) is 0.583. The lowest BCUT2D eigenvalue weighted by molar-refractivity contribution is -0.117. The van der Waals surface area contributed by atoms with Crippen LogP contribution in [0.5, 0.6) is 5.75 Å². The quantitative estimate of drug-likeness (QED) is 0.775. The number of piperidine rings is 1. The summed E-state index contributed by atoms with van der Waals surface area (Å²) in [5.74, 6) is 0.927. The molecular weight excluding hydrogens is 286 g/mol. The normalized spacial score (nSPS) is 18.2. The minimum atomic E-state index is 0.243. The first-order valence-electron chi connectivity index (χ1n) is 7.52. The van der Waals surface area contributed by atoms with Crippen LogP contribution in [0.4, 0.5) is 0 Å². The molecule has 1 aliphatic rings. The molecule has 0 unspecified atom stereocenters. The highest BCUT2D eigenvalue weighted by molar-refractivity contribution is 6.32. The van der Waals surface area contributed by atoms with E-state index in [1.165, 1.54) is 0 Å². The van der Waals surface area contributed by atoms with Crippen LogP contribution >= 0.6 is 11.6 Å². The molecule has 2 rings (SSSR count). The Bertz CT molecular complexity index is 540. The number of nitrogens with zero attached hydrogens (tertiary/aromatic N) is 1. The third-order valence-corrected chi connectivity index (χ3v) is 3.84. The average Bonchev–Trinajstić information content (AvgIpc) is 2.46. The van der Waals surface area contributed by atoms with Crippen LogP contribution in [-0.2, 0) is 4.79 Å². The fourth-order valence-corrected chi connectivity index (χ4v) is 2.79. The van der Waals surface area contributed by atoms with Gasteiger partial charge in [-0.3, -0.25) is 9.69 Å². The zero-order valence-corrected chi connectivity index (χ0v) is 13.4. The van der Waals surface area contributed by atoms with Crippen LogP contribution in [-0.4, -0.2) is 36.9 Å². The van der Waals surface area contributed by atoms with Crippen molar-refractivity contribution in [1.29, 1.82) is 0 Å². The molecule has 0 radical (unpaired) electrons. The van der Waals surface area contributed by atoms with Crippen molar-refractivity contribution in [3.05, 3.63) is 34.4 Å². The SMILES string of the molecule is CCCN1CCC(=O)/C(=C/c2ccc(OCC)c(Cl)c2)C1. The Morgan fingerprint density at radius 3 is 2.86 bits per heavy atom. The van der Waals surface area contributed by atoms with Gasteiger partial charge >= 0.3 is 0 Å². The maximum atomic E-state index is 12.1. The summed E-state index contributed by atoms with van der Waals surface area (Å²) in [7, 11) is 0. The van der Waals surface area contributed by atoms with Gasteiger partial charge in [0, 0.05) is 25.1 Å². The maximum Gasteiger partial charge on any atom is 0.161 e. The third-order valence-electron chi connectivity index (χ3n) is 3.54. The zero-order valence-electron chi connectivity index (χ0n) is 12.7. The maximum absolute atomic E-state index is 12.1. The molecule has 1 aliphatic heterocycles. The van der Waals surface area contributed by atoms with E-state index in [4.69, 9.17) is 16.3 Å². The van der Waals surface area contributed by atoms with Crippen molar-refractivity contribution in [2.24, 2.45) is 0 Å². The van der Waals surface area contributed by atoms with Gasteiger partial charge in [-0.15, -0.1) is 0 Å². The highest BCUT2D eigenvalue weighted by Gasteiger charge is 2.20. The van der Waals surface area contributed by atoms with Crippen LogP contribution in [0.2, 0.25) is 5.02 Å². The van der Waals surface area contributed by atoms with Gasteiger partial charge < -0.3 is 4.74 Å². The van der Waals surface area contributed by atoms with Crippen molar-refractivity contribution < 1.29 is 9.53 Å². The van der Waals surface area contributed by atoms with E-state index in [0.717, 1.165) is 37.2 Å². The van der Waals surface area contributed by atoms with Crippen LogP contribution in [0.25, 0.3) is 6.08 Å². The Labute approximate surface area is 131 Å². The van der Waals surface area contributed by atoms with E-state index in [-0.39, 0.29) is 5.78 Å². The molecule has 0 saturated carbocycles. The molecule has 1 fully saturated rings. The van der Waals surface area contributed by atoms with Gasteiger partial charge in [0.1, 0.15) is 5.75 Å². The summed E-state index contributed by atoms with van der Waals surface area (Å²) < 4.78 is 5.42. The average molecular weight is 308 g/mol. The number of benzene rings is 1. The molecule has 0 atom stereocenters. The fourth-order valence-electron chi connectivity index (χ4n) is 2.54. The number of hydrogen-bond acceptors (Lipinski definition) is 3. The van der Waals surface area contributed by atoms with Gasteiger partial charge in [0.2, 0.25) is 0 Å². The van der Waals surface area contributed by atoms with Gasteiger partial charge in [-0.2, -0.15) is 0 Å². The summed E-state index contributed by atoms with van der Waals surface area (Å²) in [4.78, 5) is 14.4. The molecule has 1 saturated heterocycles. The molecule has 0 aliphatic carbocycles. The van der Waals surface area contributed by atoms with Gasteiger partial charge in [-0.05, 0) is 43.7 Å². The predicted octanol–water partition coefficient (Wildman–Crippen LogP) is 3.81. The van der Waals surface area contributed by atoms with E-state index < -0.39 is 0 Å². The molecule has 0 aromatic heterocycles. The lowest BCUT2D eigenvalue weighted by Crippen LogP contribution is -2.36. The minimum absolute atomic E-state index is 0.243. The third kappa shape index (κ3) is 4.32. The van der Waals surface area contributed by atoms with Gasteiger partial charge in [-0.1, -0.05) is 24.6 Å². The van der Waals surface area contributed by atoms with Gasteiger partial charge in [0.25, 0.3) is 0 Å². The summed E-state index contributed by atoms with van der Waals surface area (Å²) in [6, 6.07) is 5.65. The van der Waals surface area contributed by atoms with Gasteiger partial charge in [-0.25, -0.2) is 0 Å². The predicted molar refractivity (Wildman–Crippen MR) is 87.0 cm³/mol. The van der Waals surface area contributed by atoms with Crippen molar-refractivity contribution in [2.75, 3.05) is 26.2 Å². The van der Waals surface area contributed by atoms with Crippen molar-refractivity contribution in [3.8, 4) is 5.75 Å². The second kappa shape index (κ2) is 7.62. The monoisotopic (exact) mass is 307 g/mol. The topological polar surface area (TPSA) is 29.5 Å². The van der Waals surface area contributed by atoms with Crippen LogP contribution in [0.15, 0.2) is 23.8 Å². The van der Waals surface area contributed by atoms with Crippen LogP contribution in [0.3, 0.4) is 0 Å². The number of ketones is 1. The molecule has 0 amide bonds. The van der Waals surface area contributed by atoms with E-state index in [1.54, 1.807) is 0 Å². The van der Waals surface area contributed by atoms with E-state index >= 15 is 0 Å². The van der Waals surface area contributed by atoms with Crippen molar-refractivity contribution in [3.63, 3.8) is 0 Å². The fraction of sp³-hybridized carbons (Fsp3) is 0.471. The molecule has 3 nitrogen and oxygen atoms in total. The highest BCUT2D eigenvalue weighted by Crippen LogP contribution is 2.27. The number of likely N-dealkylation sites (tertiary alicyclic amines) is 1. The molecule has 1 aromatic rings. The second-order valence-electron chi connectivity index (χ2n) is 5.24. The number of rotatable bonds is 5. The first-order valence-corrected chi connectivity index (χ1v) is 7.90. The molecule has 0 bridgehead atoms. The summed E-state index contributed by atoms with van der Waals surface area (Å²) in [6.45, 7) is 7.31.